The van der Waals surface area contributed by atoms with Crippen LogP contribution in [0, 0.1) is 5.92 Å². The highest BCUT2D eigenvalue weighted by Gasteiger charge is 2.41. The van der Waals surface area contributed by atoms with E-state index in [0.29, 0.717) is 12.6 Å². The fraction of sp³-hybridized carbons (Fsp3) is 0.963. The highest BCUT2D eigenvalue weighted by atomic mass is 28.4. The Kier molecular flexibility index (Phi) is 13.8. The summed E-state index contributed by atoms with van der Waals surface area (Å²) in [5, 5.41) is 14.5. The Morgan fingerprint density at radius 3 is 2.27 bits per heavy atom. The zero-order chi connectivity index (χ0) is 25.1. The molecule has 0 saturated carbocycles. The van der Waals surface area contributed by atoms with Gasteiger partial charge in [0.25, 0.3) is 0 Å². The van der Waals surface area contributed by atoms with Gasteiger partial charge in [-0.25, -0.2) is 0 Å². The number of aliphatic hydroxyl groups is 1. The van der Waals surface area contributed by atoms with Gasteiger partial charge in [-0.05, 0) is 50.7 Å². The summed E-state index contributed by atoms with van der Waals surface area (Å²) in [5.41, 5.74) is 0. The molecule has 0 amide bonds. The van der Waals surface area contributed by atoms with E-state index >= 15 is 0 Å². The lowest BCUT2D eigenvalue weighted by Crippen LogP contribution is -2.48. The molecule has 1 fully saturated rings. The molecule has 0 bridgehead atoms. The minimum Gasteiger partial charge on any atom is -0.462 e. The molecular weight excluding hydrogens is 430 g/mol. The second-order valence-electron chi connectivity index (χ2n) is 11.9. The predicted molar refractivity (Wildman–Crippen MR) is 141 cm³/mol. The summed E-state index contributed by atoms with van der Waals surface area (Å²) < 4.78 is 12.1. The standard InChI is InChI=1S/C27H55NO4Si/c1-9-10-11-12-13-14-15-16-24(30)19-23-17-18-26(28-23)25(21(2)32-22(3)29)20-31-33(7,8)27(4,5)6/h21,23-26,28,30H,9-20H2,1-8H3/t21-,23+,24+,25+,26+/m1/s1. The van der Waals surface area contributed by atoms with E-state index in [0.717, 1.165) is 32.1 Å². The maximum Gasteiger partial charge on any atom is 0.302 e. The third-order valence-corrected chi connectivity index (χ3v) is 12.4. The van der Waals surface area contributed by atoms with E-state index in [4.69, 9.17) is 9.16 Å². The predicted octanol–water partition coefficient (Wildman–Crippen LogP) is 6.59. The lowest BCUT2D eigenvalue weighted by molar-refractivity contribution is -0.149. The maximum atomic E-state index is 11.6. The van der Waals surface area contributed by atoms with Crippen molar-refractivity contribution in [1.29, 1.82) is 0 Å². The lowest BCUT2D eigenvalue weighted by Gasteiger charge is -2.39. The van der Waals surface area contributed by atoms with Gasteiger partial charge in [0.05, 0.1) is 6.10 Å². The molecule has 1 rings (SSSR count). The van der Waals surface area contributed by atoms with Crippen LogP contribution < -0.4 is 5.32 Å². The zero-order valence-corrected chi connectivity index (χ0v) is 24.0. The highest BCUT2D eigenvalue weighted by molar-refractivity contribution is 6.74. The van der Waals surface area contributed by atoms with E-state index in [1.54, 1.807) is 0 Å². The van der Waals surface area contributed by atoms with Crippen LogP contribution in [0.4, 0.5) is 0 Å². The van der Waals surface area contributed by atoms with Gasteiger partial charge in [0.1, 0.15) is 6.10 Å². The van der Waals surface area contributed by atoms with Crippen molar-refractivity contribution < 1.29 is 19.1 Å². The van der Waals surface area contributed by atoms with Gasteiger partial charge in [-0.3, -0.25) is 4.79 Å². The molecule has 0 radical (unpaired) electrons. The summed E-state index contributed by atoms with van der Waals surface area (Å²) in [6.45, 7) is 17.6. The molecule has 1 heterocycles. The molecule has 1 aliphatic heterocycles. The monoisotopic (exact) mass is 485 g/mol. The molecule has 1 aliphatic rings. The SMILES string of the molecule is CCCCCCCCC[C@H](O)C[C@@H]1CC[C@@H]([C@@H](CO[Si](C)(C)C(C)(C)C)[C@@H](C)OC(C)=O)N1. The van der Waals surface area contributed by atoms with Gasteiger partial charge in [0, 0.05) is 31.5 Å². The van der Waals surface area contributed by atoms with Crippen molar-refractivity contribution in [2.45, 2.75) is 155 Å². The number of unbranched alkanes of at least 4 members (excludes halogenated alkanes) is 6. The summed E-state index contributed by atoms with van der Waals surface area (Å²) in [6.07, 6.45) is 12.3. The average molecular weight is 486 g/mol. The van der Waals surface area contributed by atoms with Crippen LogP contribution in [0.5, 0.6) is 0 Å². The van der Waals surface area contributed by atoms with Crippen LogP contribution in [-0.2, 0) is 14.0 Å². The first-order valence-corrected chi connectivity index (χ1v) is 16.5. The van der Waals surface area contributed by atoms with Gasteiger partial charge in [-0.2, -0.15) is 0 Å². The molecule has 1 saturated heterocycles. The van der Waals surface area contributed by atoms with E-state index in [2.05, 4.69) is 46.1 Å². The number of aliphatic hydroxyl groups excluding tert-OH is 1. The first-order valence-electron chi connectivity index (χ1n) is 13.6. The quantitative estimate of drug-likeness (QED) is 0.147. The average Bonchev–Trinajstić information content (AvgIpc) is 3.13. The Bertz CT molecular complexity index is 549. The van der Waals surface area contributed by atoms with E-state index in [1.165, 1.54) is 45.4 Å². The van der Waals surface area contributed by atoms with Crippen LogP contribution in [0.1, 0.15) is 112 Å². The second kappa shape index (κ2) is 14.8. The van der Waals surface area contributed by atoms with Gasteiger partial charge in [0.2, 0.25) is 0 Å². The Morgan fingerprint density at radius 1 is 1.09 bits per heavy atom. The van der Waals surface area contributed by atoms with Crippen molar-refractivity contribution in [3.8, 4) is 0 Å². The van der Waals surface area contributed by atoms with Crippen LogP contribution in [-0.4, -0.2) is 50.3 Å². The molecular formula is C27H55NO4Si. The van der Waals surface area contributed by atoms with Crippen molar-refractivity contribution >= 4 is 14.3 Å². The Labute approximate surface area is 205 Å². The molecule has 0 spiro atoms. The first-order chi connectivity index (χ1) is 15.4. The van der Waals surface area contributed by atoms with Gasteiger partial charge < -0.3 is 19.6 Å². The lowest BCUT2D eigenvalue weighted by atomic mass is 9.94. The number of hydrogen-bond acceptors (Lipinski definition) is 5. The van der Waals surface area contributed by atoms with Gasteiger partial charge in [-0.15, -0.1) is 0 Å². The molecule has 0 aromatic rings. The van der Waals surface area contributed by atoms with E-state index in [1.807, 2.05) is 6.92 Å². The number of hydrogen-bond donors (Lipinski definition) is 2. The Balaban J connectivity index is 2.53. The number of carbonyl (C=O) groups excluding carboxylic acids is 1. The topological polar surface area (TPSA) is 67.8 Å². The minimum atomic E-state index is -1.89. The summed E-state index contributed by atoms with van der Waals surface area (Å²) in [4.78, 5) is 11.6. The summed E-state index contributed by atoms with van der Waals surface area (Å²) in [6, 6.07) is 0.578. The number of nitrogens with one attached hydrogen (secondary N) is 1. The Morgan fingerprint density at radius 2 is 1.70 bits per heavy atom. The van der Waals surface area contributed by atoms with E-state index < -0.39 is 8.32 Å². The maximum absolute atomic E-state index is 11.6. The van der Waals surface area contributed by atoms with E-state index in [9.17, 15) is 9.90 Å². The third-order valence-electron chi connectivity index (χ3n) is 7.89. The second-order valence-corrected chi connectivity index (χ2v) is 16.7. The molecule has 5 atom stereocenters. The van der Waals surface area contributed by atoms with E-state index in [-0.39, 0.29) is 35.2 Å². The molecule has 2 N–H and O–H groups in total. The van der Waals surface area contributed by atoms with Gasteiger partial charge >= 0.3 is 5.97 Å². The van der Waals surface area contributed by atoms with Crippen LogP contribution in [0.25, 0.3) is 0 Å². The number of ether oxygens (including phenoxy) is 1. The van der Waals surface area contributed by atoms with Crippen molar-refractivity contribution in [3.63, 3.8) is 0 Å². The molecule has 0 unspecified atom stereocenters. The third kappa shape index (κ3) is 11.7. The summed E-state index contributed by atoms with van der Waals surface area (Å²) >= 11 is 0. The smallest absolute Gasteiger partial charge is 0.302 e. The zero-order valence-electron chi connectivity index (χ0n) is 23.0. The number of esters is 1. The summed E-state index contributed by atoms with van der Waals surface area (Å²) in [5.74, 6) is -0.118. The first kappa shape index (κ1) is 30.6. The molecule has 0 aliphatic carbocycles. The van der Waals surface area contributed by atoms with Crippen LogP contribution >= 0.6 is 0 Å². The van der Waals surface area contributed by atoms with Crippen molar-refractivity contribution in [1.82, 2.24) is 5.32 Å². The number of rotatable bonds is 16. The molecule has 0 aromatic heterocycles. The molecule has 5 nitrogen and oxygen atoms in total. The fourth-order valence-electron chi connectivity index (χ4n) is 4.61. The largest absolute Gasteiger partial charge is 0.462 e. The highest BCUT2D eigenvalue weighted by Crippen LogP contribution is 2.37. The molecule has 33 heavy (non-hydrogen) atoms. The summed E-state index contributed by atoms with van der Waals surface area (Å²) in [7, 11) is -1.89. The molecule has 0 aromatic carbocycles. The van der Waals surface area contributed by atoms with Gasteiger partial charge in [-0.1, -0.05) is 72.6 Å². The number of carbonyl (C=O) groups is 1. The van der Waals surface area contributed by atoms with Crippen molar-refractivity contribution in [2.24, 2.45) is 5.92 Å². The molecule has 6 heteroatoms. The minimum absolute atomic E-state index is 0.119. The normalized spacial score (nSPS) is 22.2. The van der Waals surface area contributed by atoms with Crippen LogP contribution in [0.15, 0.2) is 0 Å². The van der Waals surface area contributed by atoms with Crippen molar-refractivity contribution in [2.75, 3.05) is 6.61 Å². The van der Waals surface area contributed by atoms with Crippen LogP contribution in [0.2, 0.25) is 18.1 Å². The van der Waals surface area contributed by atoms with Crippen LogP contribution in [0.3, 0.4) is 0 Å². The van der Waals surface area contributed by atoms with Crippen molar-refractivity contribution in [3.05, 3.63) is 0 Å². The fourth-order valence-corrected chi connectivity index (χ4v) is 5.65. The molecule has 196 valence electrons. The van der Waals surface area contributed by atoms with Gasteiger partial charge in [0.15, 0.2) is 8.32 Å². The Hall–Kier alpha value is -0.433.